The first kappa shape index (κ1) is 19.7. The van der Waals surface area contributed by atoms with Gasteiger partial charge in [-0.05, 0) is 49.1 Å². The molecule has 2 atom stereocenters. The lowest BCUT2D eigenvalue weighted by molar-refractivity contribution is -0.133. The topological polar surface area (TPSA) is 56.8 Å². The highest BCUT2D eigenvalue weighted by atomic mass is 16.5. The molecule has 1 amide bonds. The second-order valence-electron chi connectivity index (χ2n) is 7.99. The number of nitrogens with zero attached hydrogens (tertiary/aromatic N) is 2. The Bertz CT molecular complexity index is 877. The highest BCUT2D eigenvalue weighted by Gasteiger charge is 2.34. The van der Waals surface area contributed by atoms with Crippen LogP contribution in [0.1, 0.15) is 29.2 Å². The fraction of sp³-hybridized carbons (Fsp3) is 0.435. The van der Waals surface area contributed by atoms with E-state index in [2.05, 4.69) is 53.9 Å². The maximum absolute atomic E-state index is 13.0. The highest BCUT2D eigenvalue weighted by molar-refractivity contribution is 5.82. The van der Waals surface area contributed by atoms with Gasteiger partial charge in [0.05, 0.1) is 7.11 Å². The molecule has 2 aliphatic heterocycles. The molecule has 0 saturated carbocycles. The third kappa shape index (κ3) is 4.23. The van der Waals surface area contributed by atoms with E-state index in [0.717, 1.165) is 44.0 Å². The summed E-state index contributed by atoms with van der Waals surface area (Å²) in [5.41, 5.74) is 11.5. The molecule has 2 N–H and O–H groups in total. The highest BCUT2D eigenvalue weighted by Crippen LogP contribution is 2.26. The Kier molecular flexibility index (Phi) is 5.74. The monoisotopic (exact) mass is 394 g/mol. The zero-order chi connectivity index (χ0) is 20.4. The number of piperazine rings is 1. The molecule has 2 unspecified atom stereocenters. The Balaban J connectivity index is 1.33. The molecule has 2 aromatic carbocycles. The average molecular weight is 395 g/mol. The van der Waals surface area contributed by atoms with Crippen LogP contribution in [0.4, 0.5) is 5.69 Å². The summed E-state index contributed by atoms with van der Waals surface area (Å²) in [4.78, 5) is 17.3. The van der Waals surface area contributed by atoms with Gasteiger partial charge in [0.2, 0.25) is 5.91 Å². The number of carbonyl (C=O) groups excluding carboxylic acids is 1. The number of nitrogens with one attached hydrogen (secondary N) is 2. The van der Waals surface area contributed by atoms with Gasteiger partial charge in [0.25, 0.3) is 0 Å². The molecule has 2 aliphatic rings. The molecule has 6 nitrogen and oxygen atoms in total. The number of amides is 1. The van der Waals surface area contributed by atoms with Crippen molar-refractivity contribution in [3.8, 4) is 5.75 Å². The van der Waals surface area contributed by atoms with Gasteiger partial charge in [-0.2, -0.15) is 0 Å². The SMILES string of the molecule is COc1cccc(N2CCN(C(=O)C3CC(c4ccc(C)c(C)c4)NN3)CC2)c1. The number of carbonyl (C=O) groups is 1. The number of hydrazine groups is 1. The zero-order valence-electron chi connectivity index (χ0n) is 17.4. The van der Waals surface area contributed by atoms with Crippen LogP contribution in [0, 0.1) is 13.8 Å². The maximum atomic E-state index is 13.0. The Morgan fingerprint density at radius 2 is 1.79 bits per heavy atom. The molecule has 154 valence electrons. The minimum absolute atomic E-state index is 0.168. The number of benzene rings is 2. The van der Waals surface area contributed by atoms with Crippen molar-refractivity contribution in [3.05, 3.63) is 59.2 Å². The van der Waals surface area contributed by atoms with Gasteiger partial charge in [0, 0.05) is 44.0 Å². The molecule has 2 fully saturated rings. The molecular formula is C23H30N4O2. The van der Waals surface area contributed by atoms with Gasteiger partial charge in [-0.15, -0.1) is 0 Å². The smallest absolute Gasteiger partial charge is 0.241 e. The predicted octanol–water partition coefficient (Wildman–Crippen LogP) is 2.57. The number of hydrogen-bond acceptors (Lipinski definition) is 5. The van der Waals surface area contributed by atoms with Crippen molar-refractivity contribution in [2.75, 3.05) is 38.2 Å². The molecule has 0 spiro atoms. The Labute approximate surface area is 172 Å². The summed E-state index contributed by atoms with van der Waals surface area (Å²) in [5, 5.41) is 0. The van der Waals surface area contributed by atoms with Crippen molar-refractivity contribution in [3.63, 3.8) is 0 Å². The van der Waals surface area contributed by atoms with Crippen molar-refractivity contribution in [1.82, 2.24) is 15.8 Å². The van der Waals surface area contributed by atoms with Crippen molar-refractivity contribution in [1.29, 1.82) is 0 Å². The minimum atomic E-state index is -0.176. The quantitative estimate of drug-likeness (QED) is 0.835. The summed E-state index contributed by atoms with van der Waals surface area (Å²) in [6.07, 6.45) is 0.775. The van der Waals surface area contributed by atoms with Crippen LogP contribution >= 0.6 is 0 Å². The summed E-state index contributed by atoms with van der Waals surface area (Å²) < 4.78 is 5.33. The largest absolute Gasteiger partial charge is 0.497 e. The number of hydrogen-bond donors (Lipinski definition) is 2. The first-order chi connectivity index (χ1) is 14.0. The number of ether oxygens (including phenoxy) is 1. The van der Waals surface area contributed by atoms with E-state index in [9.17, 15) is 4.79 Å². The molecule has 6 heteroatoms. The van der Waals surface area contributed by atoms with E-state index in [0.29, 0.717) is 0 Å². The second-order valence-corrected chi connectivity index (χ2v) is 7.99. The fourth-order valence-electron chi connectivity index (χ4n) is 4.13. The van der Waals surface area contributed by atoms with Gasteiger partial charge in [0.1, 0.15) is 11.8 Å². The minimum Gasteiger partial charge on any atom is -0.497 e. The van der Waals surface area contributed by atoms with Gasteiger partial charge in [-0.3, -0.25) is 4.79 Å². The zero-order valence-corrected chi connectivity index (χ0v) is 17.4. The normalized spacial score (nSPS) is 22.0. The second kappa shape index (κ2) is 8.43. The number of rotatable bonds is 4. The van der Waals surface area contributed by atoms with E-state index in [1.807, 2.05) is 23.1 Å². The molecular weight excluding hydrogens is 364 g/mol. The average Bonchev–Trinajstić information content (AvgIpc) is 3.25. The summed E-state index contributed by atoms with van der Waals surface area (Å²) in [6, 6.07) is 14.6. The number of methoxy groups -OCH3 is 1. The maximum Gasteiger partial charge on any atom is 0.241 e. The van der Waals surface area contributed by atoms with Crippen LogP contribution in [0.5, 0.6) is 5.75 Å². The van der Waals surface area contributed by atoms with Gasteiger partial charge in [-0.1, -0.05) is 24.3 Å². The number of anilines is 1. The molecule has 2 saturated heterocycles. The Morgan fingerprint density at radius 3 is 2.52 bits per heavy atom. The van der Waals surface area contributed by atoms with Crippen LogP contribution in [0.2, 0.25) is 0 Å². The van der Waals surface area contributed by atoms with E-state index >= 15 is 0 Å². The summed E-state index contributed by atoms with van der Waals surface area (Å²) in [7, 11) is 1.68. The molecule has 2 aromatic rings. The van der Waals surface area contributed by atoms with E-state index in [1.54, 1.807) is 7.11 Å². The predicted molar refractivity (Wildman–Crippen MR) is 115 cm³/mol. The fourth-order valence-corrected chi connectivity index (χ4v) is 4.13. The third-order valence-corrected chi connectivity index (χ3v) is 6.14. The van der Waals surface area contributed by atoms with Gasteiger partial charge in [0.15, 0.2) is 0 Å². The summed E-state index contributed by atoms with van der Waals surface area (Å²) in [6.45, 7) is 7.40. The van der Waals surface area contributed by atoms with Crippen molar-refractivity contribution in [2.24, 2.45) is 0 Å². The first-order valence-electron chi connectivity index (χ1n) is 10.3. The molecule has 0 radical (unpaired) electrons. The van der Waals surface area contributed by atoms with Gasteiger partial charge < -0.3 is 14.5 Å². The Morgan fingerprint density at radius 1 is 1.00 bits per heavy atom. The van der Waals surface area contributed by atoms with E-state index in [1.165, 1.54) is 16.7 Å². The molecule has 0 aliphatic carbocycles. The molecule has 2 heterocycles. The van der Waals surface area contributed by atoms with E-state index in [-0.39, 0.29) is 18.0 Å². The van der Waals surface area contributed by atoms with Crippen LogP contribution < -0.4 is 20.5 Å². The standard InChI is InChI=1S/C23H30N4O2/c1-16-7-8-18(13-17(16)2)21-15-22(25-24-21)23(28)27-11-9-26(10-12-27)19-5-4-6-20(14-19)29-3/h4-8,13-14,21-22,24-25H,9-12,15H2,1-3H3. The lowest BCUT2D eigenvalue weighted by Gasteiger charge is -2.37. The lowest BCUT2D eigenvalue weighted by atomic mass is 9.98. The van der Waals surface area contributed by atoms with Crippen LogP contribution in [0.15, 0.2) is 42.5 Å². The molecule has 29 heavy (non-hydrogen) atoms. The van der Waals surface area contributed by atoms with Gasteiger partial charge >= 0.3 is 0 Å². The van der Waals surface area contributed by atoms with E-state index in [4.69, 9.17) is 4.74 Å². The van der Waals surface area contributed by atoms with Crippen LogP contribution in [0.3, 0.4) is 0 Å². The summed E-state index contributed by atoms with van der Waals surface area (Å²) >= 11 is 0. The molecule has 0 bridgehead atoms. The van der Waals surface area contributed by atoms with Crippen molar-refractivity contribution in [2.45, 2.75) is 32.4 Å². The van der Waals surface area contributed by atoms with E-state index < -0.39 is 0 Å². The molecule has 0 aromatic heterocycles. The third-order valence-electron chi connectivity index (χ3n) is 6.14. The van der Waals surface area contributed by atoms with Crippen molar-refractivity contribution >= 4 is 11.6 Å². The van der Waals surface area contributed by atoms with Crippen LogP contribution in [-0.4, -0.2) is 50.1 Å². The van der Waals surface area contributed by atoms with Crippen LogP contribution in [-0.2, 0) is 4.79 Å². The Hall–Kier alpha value is -2.57. The lowest BCUT2D eigenvalue weighted by Crippen LogP contribution is -2.53. The first-order valence-corrected chi connectivity index (χ1v) is 10.3. The van der Waals surface area contributed by atoms with Crippen molar-refractivity contribution < 1.29 is 9.53 Å². The van der Waals surface area contributed by atoms with Crippen LogP contribution in [0.25, 0.3) is 0 Å². The number of aryl methyl sites for hydroxylation is 2. The van der Waals surface area contributed by atoms with Gasteiger partial charge in [-0.25, -0.2) is 10.9 Å². The molecule has 4 rings (SSSR count). The summed E-state index contributed by atoms with van der Waals surface area (Å²) in [5.74, 6) is 1.05.